The fourth-order valence-electron chi connectivity index (χ4n) is 0.944. The molecule has 1 aromatic heterocycles. The van der Waals surface area contributed by atoms with Gasteiger partial charge < -0.3 is 17.0 Å². The first-order valence-electron chi connectivity index (χ1n) is 3.78. The van der Waals surface area contributed by atoms with Gasteiger partial charge in [-0.3, -0.25) is 0 Å². The molecule has 0 aliphatic carbocycles. The minimum Gasteiger partial charge on any atom is -1.00 e. The van der Waals surface area contributed by atoms with Crippen LogP contribution in [0.4, 0.5) is 4.39 Å². The Balaban J connectivity index is 0.00000121. The van der Waals surface area contributed by atoms with Crippen LogP contribution in [0.2, 0.25) is 0 Å². The summed E-state index contributed by atoms with van der Waals surface area (Å²) in [4.78, 5) is 0. The molecule has 0 spiro atoms. The zero-order chi connectivity index (χ0) is 8.27. The standard InChI is InChI=1S/C9H13FN.BrH/c1-8-3-5-11(6-4-8)7-9(2)10;/h3-6,9H,7H2,1-2H3;1H/q+1;/p-1. The molecular formula is C9H13BrFN. The van der Waals surface area contributed by atoms with Gasteiger partial charge in [0.1, 0.15) is 0 Å². The monoisotopic (exact) mass is 233 g/mol. The molecule has 1 heterocycles. The fourth-order valence-corrected chi connectivity index (χ4v) is 0.944. The molecule has 0 aromatic carbocycles. The van der Waals surface area contributed by atoms with Gasteiger partial charge >= 0.3 is 0 Å². The van der Waals surface area contributed by atoms with E-state index in [9.17, 15) is 4.39 Å². The Hall–Kier alpha value is -0.440. The molecule has 0 aliphatic rings. The molecule has 1 rings (SSSR count). The molecule has 12 heavy (non-hydrogen) atoms. The van der Waals surface area contributed by atoms with Crippen LogP contribution in [0.5, 0.6) is 0 Å². The highest BCUT2D eigenvalue weighted by Crippen LogP contribution is 1.92. The van der Waals surface area contributed by atoms with Crippen molar-refractivity contribution in [1.29, 1.82) is 0 Å². The highest BCUT2D eigenvalue weighted by molar-refractivity contribution is 5.03. The van der Waals surface area contributed by atoms with Crippen LogP contribution in [0.15, 0.2) is 24.5 Å². The van der Waals surface area contributed by atoms with Gasteiger partial charge in [0.25, 0.3) is 0 Å². The zero-order valence-electron chi connectivity index (χ0n) is 7.30. The summed E-state index contributed by atoms with van der Waals surface area (Å²) < 4.78 is 14.3. The van der Waals surface area contributed by atoms with Crippen LogP contribution in [0.25, 0.3) is 0 Å². The summed E-state index contributed by atoms with van der Waals surface area (Å²) in [6.07, 6.45) is 3.01. The molecule has 0 radical (unpaired) electrons. The molecule has 0 aliphatic heterocycles. The lowest BCUT2D eigenvalue weighted by molar-refractivity contribution is -0.701. The first-order chi connectivity index (χ1) is 5.18. The van der Waals surface area contributed by atoms with Crippen molar-refractivity contribution in [2.45, 2.75) is 26.6 Å². The minimum absolute atomic E-state index is 0. The lowest BCUT2D eigenvalue weighted by Gasteiger charge is -1.96. The maximum atomic E-state index is 12.5. The van der Waals surface area contributed by atoms with E-state index in [4.69, 9.17) is 0 Å². The van der Waals surface area contributed by atoms with Crippen molar-refractivity contribution in [1.82, 2.24) is 0 Å². The zero-order valence-corrected chi connectivity index (χ0v) is 8.88. The maximum absolute atomic E-state index is 12.5. The second-order valence-corrected chi connectivity index (χ2v) is 2.85. The third-order valence-corrected chi connectivity index (χ3v) is 1.52. The lowest BCUT2D eigenvalue weighted by Crippen LogP contribution is -3.00. The maximum Gasteiger partial charge on any atom is 0.179 e. The molecule has 0 amide bonds. The van der Waals surface area contributed by atoms with Crippen LogP contribution in [-0.4, -0.2) is 6.17 Å². The van der Waals surface area contributed by atoms with Gasteiger partial charge in [0.2, 0.25) is 0 Å². The smallest absolute Gasteiger partial charge is 0.179 e. The van der Waals surface area contributed by atoms with Crippen molar-refractivity contribution < 1.29 is 25.9 Å². The summed E-state index contributed by atoms with van der Waals surface area (Å²) in [5.74, 6) is 0. The second-order valence-electron chi connectivity index (χ2n) is 2.85. The van der Waals surface area contributed by atoms with Crippen LogP contribution in [0.1, 0.15) is 12.5 Å². The number of hydrogen-bond acceptors (Lipinski definition) is 0. The Morgan fingerprint density at radius 2 is 1.92 bits per heavy atom. The molecule has 1 unspecified atom stereocenters. The van der Waals surface area contributed by atoms with E-state index < -0.39 is 6.17 Å². The number of nitrogens with zero attached hydrogens (tertiary/aromatic N) is 1. The van der Waals surface area contributed by atoms with E-state index in [-0.39, 0.29) is 17.0 Å². The average Bonchev–Trinajstić information content (AvgIpc) is 1.93. The third kappa shape index (κ3) is 3.81. The minimum atomic E-state index is -0.775. The predicted octanol–water partition coefficient (Wildman–Crippen LogP) is -1.36. The summed E-state index contributed by atoms with van der Waals surface area (Å²) in [5, 5.41) is 0. The topological polar surface area (TPSA) is 3.88 Å². The molecular weight excluding hydrogens is 221 g/mol. The van der Waals surface area contributed by atoms with Gasteiger partial charge in [0, 0.05) is 12.1 Å². The van der Waals surface area contributed by atoms with E-state index in [0.717, 1.165) is 0 Å². The summed E-state index contributed by atoms with van der Waals surface area (Å²) >= 11 is 0. The van der Waals surface area contributed by atoms with Crippen molar-refractivity contribution in [3.63, 3.8) is 0 Å². The van der Waals surface area contributed by atoms with Gasteiger partial charge in [-0.2, -0.15) is 0 Å². The molecule has 1 aromatic rings. The molecule has 68 valence electrons. The van der Waals surface area contributed by atoms with Crippen LogP contribution in [0, 0.1) is 6.92 Å². The summed E-state index contributed by atoms with van der Waals surface area (Å²) in [5.41, 5.74) is 1.20. The molecule has 1 atom stereocenters. The van der Waals surface area contributed by atoms with E-state index in [1.807, 2.05) is 36.0 Å². The van der Waals surface area contributed by atoms with E-state index in [2.05, 4.69) is 0 Å². The molecule has 0 bridgehead atoms. The SMILES string of the molecule is Cc1cc[n+](CC(C)F)cc1.[Br-]. The number of halogens is 2. The Labute approximate surface area is 83.0 Å². The van der Waals surface area contributed by atoms with Crippen molar-refractivity contribution in [3.8, 4) is 0 Å². The Kier molecular flexibility index (Phi) is 5.06. The highest BCUT2D eigenvalue weighted by atomic mass is 79.9. The molecule has 0 N–H and O–H groups in total. The second kappa shape index (κ2) is 5.25. The Morgan fingerprint density at radius 3 is 2.33 bits per heavy atom. The molecule has 1 nitrogen and oxygen atoms in total. The van der Waals surface area contributed by atoms with Crippen molar-refractivity contribution in [3.05, 3.63) is 30.1 Å². The van der Waals surface area contributed by atoms with Crippen molar-refractivity contribution in [2.75, 3.05) is 0 Å². The first kappa shape index (κ1) is 11.6. The van der Waals surface area contributed by atoms with Gasteiger partial charge in [0.15, 0.2) is 25.1 Å². The number of hydrogen-bond donors (Lipinski definition) is 0. The number of rotatable bonds is 2. The van der Waals surface area contributed by atoms with Gasteiger partial charge in [-0.15, -0.1) is 0 Å². The summed E-state index contributed by atoms with van der Waals surface area (Å²) in [6, 6.07) is 3.95. The van der Waals surface area contributed by atoms with Crippen molar-refractivity contribution in [2.24, 2.45) is 0 Å². The number of pyridine rings is 1. The third-order valence-electron chi connectivity index (χ3n) is 1.52. The molecule has 0 saturated carbocycles. The average molecular weight is 234 g/mol. The van der Waals surface area contributed by atoms with Gasteiger partial charge in [0.05, 0.1) is 0 Å². The van der Waals surface area contributed by atoms with E-state index >= 15 is 0 Å². The summed E-state index contributed by atoms with van der Waals surface area (Å²) in [7, 11) is 0. The Bertz CT molecular complexity index is 220. The van der Waals surface area contributed by atoms with Crippen LogP contribution >= 0.6 is 0 Å². The largest absolute Gasteiger partial charge is 1.00 e. The highest BCUT2D eigenvalue weighted by Gasteiger charge is 2.04. The molecule has 0 saturated heterocycles. The van der Waals surface area contributed by atoms with Crippen LogP contribution in [0.3, 0.4) is 0 Å². The summed E-state index contributed by atoms with van der Waals surface area (Å²) in [6.45, 7) is 4.02. The van der Waals surface area contributed by atoms with Crippen LogP contribution < -0.4 is 21.5 Å². The predicted molar refractivity (Wildman–Crippen MR) is 41.9 cm³/mol. The molecule has 3 heteroatoms. The van der Waals surface area contributed by atoms with Gasteiger partial charge in [-0.1, -0.05) is 0 Å². The van der Waals surface area contributed by atoms with Crippen LogP contribution in [-0.2, 0) is 6.54 Å². The normalized spacial score (nSPS) is 11.9. The van der Waals surface area contributed by atoms with Crippen molar-refractivity contribution >= 4 is 0 Å². The quantitative estimate of drug-likeness (QED) is 0.557. The first-order valence-corrected chi connectivity index (χ1v) is 3.78. The number of aryl methyl sites for hydroxylation is 1. The molecule has 0 fully saturated rings. The van der Waals surface area contributed by atoms with E-state index in [0.29, 0.717) is 6.54 Å². The van der Waals surface area contributed by atoms with Gasteiger partial charge in [-0.05, 0) is 19.4 Å². The lowest BCUT2D eigenvalue weighted by atomic mass is 10.3. The van der Waals surface area contributed by atoms with E-state index in [1.165, 1.54) is 5.56 Å². The number of alkyl halides is 1. The number of aromatic nitrogens is 1. The van der Waals surface area contributed by atoms with Gasteiger partial charge in [-0.25, -0.2) is 8.96 Å². The Morgan fingerprint density at radius 1 is 1.42 bits per heavy atom. The fraction of sp³-hybridized carbons (Fsp3) is 0.444. The van der Waals surface area contributed by atoms with E-state index in [1.54, 1.807) is 6.92 Å².